The molecule has 0 bridgehead atoms. The number of halogens is 1. The Labute approximate surface area is 133 Å². The van der Waals surface area contributed by atoms with Crippen LogP contribution < -0.4 is 16.4 Å². The van der Waals surface area contributed by atoms with Gasteiger partial charge in [0.25, 0.3) is 0 Å². The summed E-state index contributed by atoms with van der Waals surface area (Å²) in [5.74, 6) is -0.280. The molecule has 1 fully saturated rings. The van der Waals surface area contributed by atoms with Crippen molar-refractivity contribution in [1.82, 2.24) is 15.5 Å². The molecule has 1 aliphatic rings. The summed E-state index contributed by atoms with van der Waals surface area (Å²) < 4.78 is 0. The quantitative estimate of drug-likeness (QED) is 0.711. The highest BCUT2D eigenvalue weighted by atomic mass is 35.5. The van der Waals surface area contributed by atoms with E-state index in [-0.39, 0.29) is 41.9 Å². The van der Waals surface area contributed by atoms with Crippen LogP contribution in [0.1, 0.15) is 41.0 Å². The average molecular weight is 321 g/mol. The van der Waals surface area contributed by atoms with Gasteiger partial charge in [-0.15, -0.1) is 12.4 Å². The highest BCUT2D eigenvalue weighted by Crippen LogP contribution is 2.27. The summed E-state index contributed by atoms with van der Waals surface area (Å²) in [6.07, 6.45) is 0.870. The highest BCUT2D eigenvalue weighted by Gasteiger charge is 2.34. The topological polar surface area (TPSA) is 87.5 Å². The minimum absolute atomic E-state index is 0. The van der Waals surface area contributed by atoms with Crippen LogP contribution in [0.5, 0.6) is 0 Å². The second-order valence-corrected chi connectivity index (χ2v) is 7.35. The summed E-state index contributed by atoms with van der Waals surface area (Å²) in [5, 5.41) is 5.06. The third kappa shape index (κ3) is 7.11. The van der Waals surface area contributed by atoms with E-state index in [1.54, 1.807) is 0 Å². The standard InChI is InChI=1S/C14H28N4O2.ClH/c1-13(2,3)17-12(20)16-11(19)8-18-7-6-10(15)14(4,5)9-18;/h10H,6-9,15H2,1-5H3,(H2,16,17,19,20);1H. The minimum Gasteiger partial charge on any atom is -0.333 e. The molecule has 1 aliphatic heterocycles. The van der Waals surface area contributed by atoms with E-state index >= 15 is 0 Å². The van der Waals surface area contributed by atoms with Crippen molar-refractivity contribution in [2.24, 2.45) is 11.1 Å². The van der Waals surface area contributed by atoms with Crippen LogP contribution in [0.4, 0.5) is 4.79 Å². The van der Waals surface area contributed by atoms with Crippen LogP contribution in [-0.2, 0) is 4.79 Å². The normalized spacial score (nSPS) is 22.1. The number of hydrogen-bond donors (Lipinski definition) is 3. The molecule has 0 radical (unpaired) electrons. The molecule has 0 saturated carbocycles. The number of piperidine rings is 1. The number of imide groups is 1. The molecule has 0 spiro atoms. The lowest BCUT2D eigenvalue weighted by molar-refractivity contribution is -0.122. The number of rotatable bonds is 2. The van der Waals surface area contributed by atoms with Gasteiger partial charge in [0.05, 0.1) is 6.54 Å². The molecule has 3 amide bonds. The first-order chi connectivity index (χ1) is 8.99. The van der Waals surface area contributed by atoms with Gasteiger partial charge in [-0.2, -0.15) is 0 Å². The maximum atomic E-state index is 11.9. The van der Waals surface area contributed by atoms with Crippen molar-refractivity contribution < 1.29 is 9.59 Å². The number of hydrogen-bond acceptors (Lipinski definition) is 4. The molecule has 1 saturated heterocycles. The van der Waals surface area contributed by atoms with E-state index in [0.717, 1.165) is 19.5 Å². The van der Waals surface area contributed by atoms with Gasteiger partial charge < -0.3 is 11.1 Å². The molecule has 0 aromatic heterocycles. The van der Waals surface area contributed by atoms with Crippen molar-refractivity contribution in [1.29, 1.82) is 0 Å². The largest absolute Gasteiger partial charge is 0.333 e. The summed E-state index contributed by atoms with van der Waals surface area (Å²) >= 11 is 0. The van der Waals surface area contributed by atoms with Crippen molar-refractivity contribution in [3.63, 3.8) is 0 Å². The predicted octanol–water partition coefficient (Wildman–Crippen LogP) is 1.09. The summed E-state index contributed by atoms with van der Waals surface area (Å²) in [6.45, 7) is 11.6. The van der Waals surface area contributed by atoms with Crippen LogP contribution >= 0.6 is 12.4 Å². The Morgan fingerprint density at radius 2 is 1.90 bits per heavy atom. The first kappa shape index (κ1) is 20.1. The number of nitrogens with zero attached hydrogens (tertiary/aromatic N) is 1. The van der Waals surface area contributed by atoms with Crippen LogP contribution in [-0.4, -0.2) is 48.1 Å². The number of amides is 3. The molecule has 1 heterocycles. The smallest absolute Gasteiger partial charge is 0.321 e. The van der Waals surface area contributed by atoms with Gasteiger partial charge >= 0.3 is 6.03 Å². The van der Waals surface area contributed by atoms with Crippen molar-refractivity contribution in [2.75, 3.05) is 19.6 Å². The zero-order valence-corrected chi connectivity index (χ0v) is 14.5. The van der Waals surface area contributed by atoms with Crippen molar-refractivity contribution in [2.45, 2.75) is 52.6 Å². The Kier molecular flexibility index (Phi) is 7.12. The molecule has 124 valence electrons. The van der Waals surface area contributed by atoms with Gasteiger partial charge in [-0.3, -0.25) is 15.0 Å². The van der Waals surface area contributed by atoms with E-state index in [9.17, 15) is 9.59 Å². The Morgan fingerprint density at radius 1 is 1.33 bits per heavy atom. The summed E-state index contributed by atoms with van der Waals surface area (Å²) in [6, 6.07) is -0.290. The van der Waals surface area contributed by atoms with Crippen LogP contribution in [0.2, 0.25) is 0 Å². The fraction of sp³-hybridized carbons (Fsp3) is 0.857. The lowest BCUT2D eigenvalue weighted by Crippen LogP contribution is -2.55. The van der Waals surface area contributed by atoms with E-state index in [4.69, 9.17) is 5.73 Å². The number of nitrogens with one attached hydrogen (secondary N) is 2. The Morgan fingerprint density at radius 3 is 2.38 bits per heavy atom. The van der Waals surface area contributed by atoms with E-state index in [1.165, 1.54) is 0 Å². The molecule has 1 unspecified atom stereocenters. The zero-order valence-electron chi connectivity index (χ0n) is 13.7. The molecule has 7 heteroatoms. The molecule has 0 aliphatic carbocycles. The Bertz CT molecular complexity index is 380. The van der Waals surface area contributed by atoms with Gasteiger partial charge in [0.2, 0.25) is 5.91 Å². The van der Waals surface area contributed by atoms with Gasteiger partial charge in [-0.25, -0.2) is 4.79 Å². The minimum atomic E-state index is -0.449. The summed E-state index contributed by atoms with van der Waals surface area (Å²) in [5.41, 5.74) is 5.70. The van der Waals surface area contributed by atoms with Gasteiger partial charge in [-0.1, -0.05) is 13.8 Å². The molecular formula is C14H29ClN4O2. The highest BCUT2D eigenvalue weighted by molar-refractivity contribution is 5.95. The summed E-state index contributed by atoms with van der Waals surface area (Å²) in [4.78, 5) is 25.5. The van der Waals surface area contributed by atoms with Gasteiger partial charge in [-0.05, 0) is 32.6 Å². The molecule has 6 nitrogen and oxygen atoms in total. The SMILES string of the molecule is CC(C)(C)NC(=O)NC(=O)CN1CCC(N)C(C)(C)C1.Cl. The second-order valence-electron chi connectivity index (χ2n) is 7.35. The monoisotopic (exact) mass is 320 g/mol. The first-order valence-corrected chi connectivity index (χ1v) is 7.09. The van der Waals surface area contributed by atoms with E-state index in [0.29, 0.717) is 0 Å². The fourth-order valence-electron chi connectivity index (χ4n) is 2.36. The maximum absolute atomic E-state index is 11.9. The number of nitrogens with two attached hydrogens (primary N) is 1. The predicted molar refractivity (Wildman–Crippen MR) is 86.5 cm³/mol. The Balaban J connectivity index is 0.00000400. The van der Waals surface area contributed by atoms with Gasteiger partial charge in [0.15, 0.2) is 0 Å². The molecular weight excluding hydrogens is 292 g/mol. The van der Waals surface area contributed by atoms with Crippen molar-refractivity contribution in [3.05, 3.63) is 0 Å². The van der Waals surface area contributed by atoms with E-state index < -0.39 is 6.03 Å². The third-order valence-corrected chi connectivity index (χ3v) is 3.50. The molecule has 0 aromatic carbocycles. The summed E-state index contributed by atoms with van der Waals surface area (Å²) in [7, 11) is 0. The van der Waals surface area contributed by atoms with Crippen LogP contribution in [0, 0.1) is 5.41 Å². The number of carbonyl (C=O) groups is 2. The molecule has 1 rings (SSSR count). The van der Waals surface area contributed by atoms with E-state index in [2.05, 4.69) is 24.5 Å². The first-order valence-electron chi connectivity index (χ1n) is 7.09. The second kappa shape index (κ2) is 7.42. The average Bonchev–Trinajstić information content (AvgIpc) is 2.19. The third-order valence-electron chi connectivity index (χ3n) is 3.50. The zero-order chi connectivity index (χ0) is 15.6. The Hall–Kier alpha value is -0.850. The van der Waals surface area contributed by atoms with Gasteiger partial charge in [0, 0.05) is 24.7 Å². The molecule has 21 heavy (non-hydrogen) atoms. The molecule has 1 atom stereocenters. The van der Waals surface area contributed by atoms with Crippen LogP contribution in [0.25, 0.3) is 0 Å². The van der Waals surface area contributed by atoms with Gasteiger partial charge in [0.1, 0.15) is 0 Å². The molecule has 4 N–H and O–H groups in total. The molecule has 0 aromatic rings. The number of urea groups is 1. The number of carbonyl (C=O) groups excluding carboxylic acids is 2. The lowest BCUT2D eigenvalue weighted by Gasteiger charge is -2.42. The van der Waals surface area contributed by atoms with Crippen LogP contribution in [0.3, 0.4) is 0 Å². The van der Waals surface area contributed by atoms with Crippen molar-refractivity contribution in [3.8, 4) is 0 Å². The lowest BCUT2D eigenvalue weighted by atomic mass is 9.80. The van der Waals surface area contributed by atoms with Crippen LogP contribution in [0.15, 0.2) is 0 Å². The fourth-order valence-corrected chi connectivity index (χ4v) is 2.36. The van der Waals surface area contributed by atoms with Crippen molar-refractivity contribution >= 4 is 24.3 Å². The number of likely N-dealkylation sites (tertiary alicyclic amines) is 1. The van der Waals surface area contributed by atoms with E-state index in [1.807, 2.05) is 25.7 Å². The maximum Gasteiger partial charge on any atom is 0.321 e.